The maximum atomic E-state index is 2.30. The predicted molar refractivity (Wildman–Crippen MR) is 128 cm³/mol. The summed E-state index contributed by atoms with van der Waals surface area (Å²) in [5, 5.41) is 0. The Morgan fingerprint density at radius 2 is 1.30 bits per heavy atom. The molecule has 0 saturated heterocycles. The zero-order chi connectivity index (χ0) is 20.8. The third kappa shape index (κ3) is 20.6. The fourth-order valence-corrected chi connectivity index (χ4v) is 2.41. The molecule has 0 aliphatic rings. The van der Waals surface area contributed by atoms with Crippen molar-refractivity contribution in [1.82, 2.24) is 0 Å². The van der Waals surface area contributed by atoms with Gasteiger partial charge in [0.05, 0.1) is 0 Å². The van der Waals surface area contributed by atoms with E-state index >= 15 is 0 Å². The van der Waals surface area contributed by atoms with Crippen molar-refractivity contribution in [3.05, 3.63) is 71.8 Å². The summed E-state index contributed by atoms with van der Waals surface area (Å²) in [5.74, 6) is 0.678. The molecule has 0 spiro atoms. The minimum Gasteiger partial charge on any atom is -0.0888 e. The van der Waals surface area contributed by atoms with Crippen LogP contribution >= 0.6 is 0 Å². The molecule has 1 aromatic rings. The van der Waals surface area contributed by atoms with Crippen LogP contribution in [-0.2, 0) is 0 Å². The van der Waals surface area contributed by atoms with E-state index in [1.54, 1.807) is 0 Å². The Bertz CT molecular complexity index is 470. The summed E-state index contributed by atoms with van der Waals surface area (Å²) in [6.45, 7) is 15.3. The van der Waals surface area contributed by atoms with E-state index in [1.165, 1.54) is 49.7 Å². The first-order chi connectivity index (χ1) is 13.1. The molecule has 1 unspecified atom stereocenters. The molecule has 0 amide bonds. The zero-order valence-electron chi connectivity index (χ0n) is 19.3. The van der Waals surface area contributed by atoms with Crippen molar-refractivity contribution in [3.63, 3.8) is 0 Å². The molecule has 0 saturated carbocycles. The van der Waals surface area contributed by atoms with E-state index in [1.807, 2.05) is 0 Å². The van der Waals surface area contributed by atoms with Gasteiger partial charge >= 0.3 is 0 Å². The summed E-state index contributed by atoms with van der Waals surface area (Å²) in [6, 6.07) is 10.7. The van der Waals surface area contributed by atoms with Crippen molar-refractivity contribution in [3.8, 4) is 0 Å². The maximum Gasteiger partial charge on any atom is -0.0187 e. The third-order valence-corrected chi connectivity index (χ3v) is 4.29. The molecule has 1 rings (SSSR count). The second kappa shape index (κ2) is 22.5. The van der Waals surface area contributed by atoms with Crippen LogP contribution in [0.25, 0.3) is 0 Å². The van der Waals surface area contributed by atoms with Crippen LogP contribution < -0.4 is 0 Å². The van der Waals surface area contributed by atoms with Gasteiger partial charge in [-0.05, 0) is 63.4 Å². The molecule has 0 bridgehead atoms. The van der Waals surface area contributed by atoms with Gasteiger partial charge in [-0.25, -0.2) is 0 Å². The molecule has 154 valence electrons. The van der Waals surface area contributed by atoms with Crippen LogP contribution in [0.3, 0.4) is 0 Å². The van der Waals surface area contributed by atoms with Gasteiger partial charge in [-0.2, -0.15) is 0 Å². The summed E-state index contributed by atoms with van der Waals surface area (Å²) in [7, 11) is 0. The van der Waals surface area contributed by atoms with E-state index in [-0.39, 0.29) is 0 Å². The van der Waals surface area contributed by atoms with Crippen LogP contribution in [0, 0.1) is 0 Å². The highest BCUT2D eigenvalue weighted by molar-refractivity contribution is 5.18. The SMILES string of the molecule is CCC=C(C)CC.CCC=CCC.CCC=CCCC(C)c1ccccc1. The van der Waals surface area contributed by atoms with Crippen molar-refractivity contribution in [2.45, 2.75) is 99.3 Å². The topological polar surface area (TPSA) is 0 Å². The van der Waals surface area contributed by atoms with Crippen LogP contribution in [0.5, 0.6) is 0 Å². The Balaban J connectivity index is 0. The van der Waals surface area contributed by atoms with Crippen LogP contribution in [-0.4, -0.2) is 0 Å². The van der Waals surface area contributed by atoms with Crippen molar-refractivity contribution in [2.24, 2.45) is 0 Å². The van der Waals surface area contributed by atoms with Crippen LogP contribution in [0.15, 0.2) is 66.3 Å². The highest BCUT2D eigenvalue weighted by atomic mass is 14.1. The highest BCUT2D eigenvalue weighted by Crippen LogP contribution is 2.20. The Morgan fingerprint density at radius 1 is 0.778 bits per heavy atom. The van der Waals surface area contributed by atoms with Crippen molar-refractivity contribution in [2.75, 3.05) is 0 Å². The van der Waals surface area contributed by atoms with Gasteiger partial charge in [0.1, 0.15) is 0 Å². The largest absolute Gasteiger partial charge is 0.0888 e. The first-order valence-corrected chi connectivity index (χ1v) is 11.1. The number of allylic oxidation sites excluding steroid dienone is 6. The average molecular weight is 371 g/mol. The van der Waals surface area contributed by atoms with Crippen LogP contribution in [0.4, 0.5) is 0 Å². The highest BCUT2D eigenvalue weighted by Gasteiger charge is 2.02. The van der Waals surface area contributed by atoms with Crippen molar-refractivity contribution >= 4 is 0 Å². The quantitative estimate of drug-likeness (QED) is 0.379. The Morgan fingerprint density at radius 3 is 1.70 bits per heavy atom. The molecule has 0 aliphatic carbocycles. The molecule has 0 heterocycles. The fourth-order valence-electron chi connectivity index (χ4n) is 2.41. The Labute approximate surface area is 171 Å². The molecule has 0 aromatic heterocycles. The minimum atomic E-state index is 0.678. The zero-order valence-corrected chi connectivity index (χ0v) is 19.3. The van der Waals surface area contributed by atoms with E-state index in [4.69, 9.17) is 0 Å². The summed E-state index contributed by atoms with van der Waals surface area (Å²) >= 11 is 0. The summed E-state index contributed by atoms with van der Waals surface area (Å²) in [6.07, 6.45) is 19.5. The smallest absolute Gasteiger partial charge is 0.0187 e. The van der Waals surface area contributed by atoms with Crippen molar-refractivity contribution < 1.29 is 0 Å². The fraction of sp³-hybridized carbons (Fsp3) is 0.556. The van der Waals surface area contributed by atoms with Gasteiger partial charge in [0.15, 0.2) is 0 Å². The lowest BCUT2D eigenvalue weighted by Crippen LogP contribution is -1.91. The summed E-state index contributed by atoms with van der Waals surface area (Å²) in [5.41, 5.74) is 2.96. The second-order valence-corrected chi connectivity index (χ2v) is 6.87. The maximum absolute atomic E-state index is 2.30. The van der Waals surface area contributed by atoms with Crippen molar-refractivity contribution in [1.29, 1.82) is 0 Å². The molecule has 1 atom stereocenters. The van der Waals surface area contributed by atoms with E-state index < -0.39 is 0 Å². The first-order valence-electron chi connectivity index (χ1n) is 11.1. The molecular weight excluding hydrogens is 324 g/mol. The van der Waals surface area contributed by atoms with Crippen LogP contribution in [0.1, 0.15) is 105 Å². The normalized spacial score (nSPS) is 12.3. The molecule has 1 aromatic carbocycles. The van der Waals surface area contributed by atoms with Gasteiger partial charge in [0, 0.05) is 0 Å². The minimum absolute atomic E-state index is 0.678. The lowest BCUT2D eigenvalue weighted by Gasteiger charge is -2.09. The van der Waals surface area contributed by atoms with Gasteiger partial charge in [-0.1, -0.05) is 108 Å². The molecule has 0 nitrogen and oxygen atoms in total. The monoisotopic (exact) mass is 370 g/mol. The third-order valence-electron chi connectivity index (χ3n) is 4.29. The number of benzene rings is 1. The van der Waals surface area contributed by atoms with E-state index in [0.29, 0.717) is 5.92 Å². The molecule has 0 heteroatoms. The molecule has 0 N–H and O–H groups in total. The lowest BCUT2D eigenvalue weighted by atomic mass is 9.96. The Hall–Kier alpha value is -1.56. The number of rotatable bonds is 9. The van der Waals surface area contributed by atoms with E-state index in [2.05, 4.69) is 109 Å². The molecule has 0 aliphatic heterocycles. The van der Waals surface area contributed by atoms with Crippen LogP contribution in [0.2, 0.25) is 0 Å². The Kier molecular flexibility index (Phi) is 23.0. The van der Waals surface area contributed by atoms with Gasteiger partial charge in [0.2, 0.25) is 0 Å². The molecule has 27 heavy (non-hydrogen) atoms. The predicted octanol–water partition coefficient (Wildman–Crippen LogP) is 9.65. The average Bonchev–Trinajstić information content (AvgIpc) is 2.71. The van der Waals surface area contributed by atoms with Gasteiger partial charge in [-0.15, -0.1) is 0 Å². The van der Waals surface area contributed by atoms with E-state index in [0.717, 1.165) is 6.42 Å². The summed E-state index contributed by atoms with van der Waals surface area (Å²) < 4.78 is 0. The van der Waals surface area contributed by atoms with Gasteiger partial charge in [-0.3, -0.25) is 0 Å². The molecular formula is C27H46. The molecule has 0 fully saturated rings. The van der Waals surface area contributed by atoms with Gasteiger partial charge < -0.3 is 0 Å². The summed E-state index contributed by atoms with van der Waals surface area (Å²) in [4.78, 5) is 0. The number of hydrogen-bond acceptors (Lipinski definition) is 0. The van der Waals surface area contributed by atoms with E-state index in [9.17, 15) is 0 Å². The number of hydrogen-bond donors (Lipinski definition) is 0. The molecule has 0 radical (unpaired) electrons. The lowest BCUT2D eigenvalue weighted by molar-refractivity contribution is 0.690. The standard InChI is InChI=1S/C14H20.C7H14.C6H12/c1-3-4-5-7-10-13(2)14-11-8-6-9-12-14;1-4-6-7(3)5-2;1-3-5-6-4-2/h4-6,8-9,11-13H,3,7,10H2,1-2H3;6H,4-5H2,1-3H3;5-6H,3-4H2,1-2H3. The first kappa shape index (κ1) is 27.7. The second-order valence-electron chi connectivity index (χ2n) is 6.87. The van der Waals surface area contributed by atoms with Gasteiger partial charge in [0.25, 0.3) is 0 Å².